The number of rotatable bonds is 8. The summed E-state index contributed by atoms with van der Waals surface area (Å²) in [5.74, 6) is -0.457. The molecule has 0 saturated carbocycles. The van der Waals surface area contributed by atoms with Gasteiger partial charge in [-0.15, -0.1) is 0 Å². The summed E-state index contributed by atoms with van der Waals surface area (Å²) in [7, 11) is 1.33. The Hall–Kier alpha value is -1.44. The van der Waals surface area contributed by atoms with Crippen LogP contribution in [0.4, 0.5) is 4.79 Å². The molecule has 8 heteroatoms. The Bertz CT molecular complexity index is 430. The number of thioether (sulfide) groups is 1. The Kier molecular flexibility index (Phi) is 8.44. The van der Waals surface area contributed by atoms with Crippen LogP contribution >= 0.6 is 11.8 Å². The lowest BCUT2D eigenvalue weighted by atomic mass is 9.97. The first-order chi connectivity index (χ1) is 10.4. The molecule has 0 heterocycles. The summed E-state index contributed by atoms with van der Waals surface area (Å²) in [5, 5.41) is 11.5. The molecule has 0 aliphatic carbocycles. The summed E-state index contributed by atoms with van der Waals surface area (Å²) in [6.07, 6.45) is -0.527. The highest BCUT2D eigenvalue weighted by Crippen LogP contribution is 2.24. The van der Waals surface area contributed by atoms with Gasteiger partial charge in [0.15, 0.2) is 0 Å². The molecule has 0 radical (unpaired) electrons. The van der Waals surface area contributed by atoms with E-state index in [4.69, 9.17) is 14.6 Å². The zero-order valence-electron chi connectivity index (χ0n) is 14.6. The summed E-state index contributed by atoms with van der Waals surface area (Å²) in [4.78, 5) is 34.4. The van der Waals surface area contributed by atoms with Crippen molar-refractivity contribution >= 4 is 29.8 Å². The molecular formula is C15H27NO6S. The second-order valence-electron chi connectivity index (χ2n) is 6.75. The van der Waals surface area contributed by atoms with Gasteiger partial charge in [0.1, 0.15) is 11.6 Å². The number of esters is 1. The average molecular weight is 349 g/mol. The van der Waals surface area contributed by atoms with Crippen molar-refractivity contribution in [1.82, 2.24) is 5.32 Å². The number of aliphatic carboxylic acids is 1. The van der Waals surface area contributed by atoms with Gasteiger partial charge < -0.3 is 19.9 Å². The minimum absolute atomic E-state index is 0.233. The second kappa shape index (κ2) is 9.00. The van der Waals surface area contributed by atoms with Crippen molar-refractivity contribution in [1.29, 1.82) is 0 Å². The number of carbonyl (C=O) groups excluding carboxylic acids is 2. The summed E-state index contributed by atoms with van der Waals surface area (Å²) in [5.41, 5.74) is -1.33. The fraction of sp³-hybridized carbons (Fsp3) is 0.800. The van der Waals surface area contributed by atoms with Gasteiger partial charge in [0.2, 0.25) is 0 Å². The van der Waals surface area contributed by atoms with E-state index in [1.54, 1.807) is 34.6 Å². The molecule has 7 nitrogen and oxygen atoms in total. The van der Waals surface area contributed by atoms with Gasteiger partial charge in [-0.3, -0.25) is 4.79 Å². The lowest BCUT2D eigenvalue weighted by Gasteiger charge is -2.23. The molecule has 0 aliphatic rings. The number of carboxylic acid groups (broad SMARTS) is 1. The first-order valence-electron chi connectivity index (χ1n) is 7.27. The molecule has 1 atom stereocenters. The number of carboxylic acids is 1. The molecule has 2 N–H and O–H groups in total. The number of alkyl carbamates (subject to hydrolysis) is 1. The van der Waals surface area contributed by atoms with Crippen LogP contribution in [0.1, 0.15) is 41.0 Å². The van der Waals surface area contributed by atoms with E-state index in [1.807, 2.05) is 0 Å². The number of nitrogens with one attached hydrogen (secondary N) is 1. The van der Waals surface area contributed by atoms with Crippen LogP contribution in [0.15, 0.2) is 0 Å². The fourth-order valence-electron chi connectivity index (χ4n) is 1.57. The van der Waals surface area contributed by atoms with E-state index < -0.39 is 29.1 Å². The minimum atomic E-state index is -1.12. The maximum Gasteiger partial charge on any atom is 0.408 e. The molecular weight excluding hydrogens is 322 g/mol. The van der Waals surface area contributed by atoms with Gasteiger partial charge in [-0.05, 0) is 46.8 Å². The maximum atomic E-state index is 11.6. The maximum absolute atomic E-state index is 11.6. The molecule has 0 aromatic heterocycles. The largest absolute Gasteiger partial charge is 0.480 e. The van der Waals surface area contributed by atoms with Crippen LogP contribution in [0.25, 0.3) is 0 Å². The van der Waals surface area contributed by atoms with E-state index >= 15 is 0 Å². The first kappa shape index (κ1) is 21.6. The number of hydrogen-bond acceptors (Lipinski definition) is 6. The average Bonchev–Trinajstić information content (AvgIpc) is 2.38. The fourth-order valence-corrected chi connectivity index (χ4v) is 2.75. The van der Waals surface area contributed by atoms with Gasteiger partial charge in [-0.25, -0.2) is 9.59 Å². The lowest BCUT2D eigenvalue weighted by Crippen LogP contribution is -2.43. The molecule has 0 fully saturated rings. The van der Waals surface area contributed by atoms with Gasteiger partial charge in [-0.1, -0.05) is 0 Å². The zero-order chi connectivity index (χ0) is 18.3. The number of hydrogen-bond donors (Lipinski definition) is 2. The Morgan fingerprint density at radius 1 is 1.17 bits per heavy atom. The van der Waals surface area contributed by atoms with Crippen LogP contribution in [0.3, 0.4) is 0 Å². The zero-order valence-corrected chi connectivity index (χ0v) is 15.4. The van der Waals surface area contributed by atoms with Crippen LogP contribution in [-0.2, 0) is 19.1 Å². The van der Waals surface area contributed by atoms with Crippen LogP contribution in [0.5, 0.6) is 0 Å². The highest BCUT2D eigenvalue weighted by atomic mass is 32.2. The van der Waals surface area contributed by atoms with Crippen LogP contribution in [-0.4, -0.2) is 53.4 Å². The van der Waals surface area contributed by atoms with Crippen molar-refractivity contribution in [3.8, 4) is 0 Å². The van der Waals surface area contributed by atoms with Crippen LogP contribution < -0.4 is 5.32 Å². The van der Waals surface area contributed by atoms with Crippen LogP contribution in [0.2, 0.25) is 0 Å². The Morgan fingerprint density at radius 3 is 2.17 bits per heavy atom. The topological polar surface area (TPSA) is 102 Å². The van der Waals surface area contributed by atoms with Gasteiger partial charge in [0.25, 0.3) is 0 Å². The van der Waals surface area contributed by atoms with Crippen LogP contribution in [0, 0.1) is 5.41 Å². The first-order valence-corrected chi connectivity index (χ1v) is 8.43. The normalized spacial score (nSPS) is 13.1. The summed E-state index contributed by atoms with van der Waals surface area (Å²) in [6, 6.07) is -1.03. The summed E-state index contributed by atoms with van der Waals surface area (Å²) in [6.45, 7) is 8.63. The number of ether oxygens (including phenoxy) is 2. The molecule has 1 unspecified atom stereocenters. The molecule has 0 spiro atoms. The Labute approximate surface area is 141 Å². The molecule has 0 aliphatic heterocycles. The van der Waals surface area contributed by atoms with Gasteiger partial charge in [-0.2, -0.15) is 11.8 Å². The third-order valence-corrected chi connectivity index (χ3v) is 4.19. The SMILES string of the molecule is COC(=O)C(C)(C)CSCCC(NC(=O)OC(C)(C)C)C(=O)O. The quantitative estimate of drug-likeness (QED) is 0.512. The molecule has 0 bridgehead atoms. The standard InChI is InChI=1S/C15H27NO6S/c1-14(2,3)22-13(20)16-10(11(17)18)7-8-23-9-15(4,5)12(19)21-6/h10H,7-9H2,1-6H3,(H,16,20)(H,17,18). The highest BCUT2D eigenvalue weighted by molar-refractivity contribution is 7.99. The van der Waals surface area contributed by atoms with Crippen molar-refractivity contribution in [2.75, 3.05) is 18.6 Å². The van der Waals surface area contributed by atoms with Crippen molar-refractivity contribution in [3.05, 3.63) is 0 Å². The van der Waals surface area contributed by atoms with E-state index in [2.05, 4.69) is 5.32 Å². The van der Waals surface area contributed by atoms with Crippen molar-refractivity contribution in [3.63, 3.8) is 0 Å². The number of carbonyl (C=O) groups is 3. The van der Waals surface area contributed by atoms with Crippen molar-refractivity contribution in [2.45, 2.75) is 52.7 Å². The smallest absolute Gasteiger partial charge is 0.408 e. The third kappa shape index (κ3) is 9.32. The molecule has 0 saturated heterocycles. The minimum Gasteiger partial charge on any atom is -0.480 e. The predicted molar refractivity (Wildman–Crippen MR) is 88.5 cm³/mol. The predicted octanol–water partition coefficient (Wildman–Crippen LogP) is 2.29. The monoisotopic (exact) mass is 349 g/mol. The molecule has 0 aromatic carbocycles. The van der Waals surface area contributed by atoms with Crippen molar-refractivity contribution in [2.24, 2.45) is 5.41 Å². The number of amides is 1. The molecule has 23 heavy (non-hydrogen) atoms. The summed E-state index contributed by atoms with van der Waals surface area (Å²) >= 11 is 1.43. The second-order valence-corrected chi connectivity index (χ2v) is 7.86. The van der Waals surface area contributed by atoms with E-state index in [9.17, 15) is 14.4 Å². The molecule has 0 rings (SSSR count). The van der Waals surface area contributed by atoms with E-state index in [-0.39, 0.29) is 12.4 Å². The van der Waals surface area contributed by atoms with E-state index in [0.717, 1.165) is 0 Å². The van der Waals surface area contributed by atoms with Gasteiger partial charge in [0, 0.05) is 5.75 Å². The highest BCUT2D eigenvalue weighted by Gasteiger charge is 2.29. The molecule has 134 valence electrons. The van der Waals surface area contributed by atoms with E-state index in [1.165, 1.54) is 18.9 Å². The Morgan fingerprint density at radius 2 is 1.74 bits per heavy atom. The summed E-state index contributed by atoms with van der Waals surface area (Å²) < 4.78 is 9.75. The van der Waals surface area contributed by atoms with E-state index in [0.29, 0.717) is 11.5 Å². The molecule has 1 amide bonds. The van der Waals surface area contributed by atoms with Gasteiger partial charge >= 0.3 is 18.0 Å². The third-order valence-electron chi connectivity index (χ3n) is 2.74. The molecule has 0 aromatic rings. The van der Waals surface area contributed by atoms with Crippen molar-refractivity contribution < 1.29 is 29.0 Å². The lowest BCUT2D eigenvalue weighted by molar-refractivity contribution is -0.149. The Balaban J connectivity index is 4.34. The van der Waals surface area contributed by atoms with Gasteiger partial charge in [0.05, 0.1) is 12.5 Å². The number of methoxy groups -OCH3 is 1.